The molecule has 0 spiro atoms. The van der Waals surface area contributed by atoms with Crippen molar-refractivity contribution in [3.63, 3.8) is 0 Å². The third-order valence-electron chi connectivity index (χ3n) is 8.95. The van der Waals surface area contributed by atoms with Crippen LogP contribution in [0, 0.1) is 0 Å². The normalized spacial score (nSPS) is 22.1. The summed E-state index contributed by atoms with van der Waals surface area (Å²) in [4.78, 5) is 94.9. The number of aromatic nitrogens is 1. The van der Waals surface area contributed by atoms with E-state index in [1.54, 1.807) is 6.20 Å². The van der Waals surface area contributed by atoms with Crippen molar-refractivity contribution in [1.29, 1.82) is 0 Å². The van der Waals surface area contributed by atoms with Crippen molar-refractivity contribution in [2.75, 3.05) is 26.2 Å². The molecule has 16 heteroatoms. The van der Waals surface area contributed by atoms with Crippen LogP contribution in [0.15, 0.2) is 30.5 Å². The number of aromatic amines is 1. The van der Waals surface area contributed by atoms with Gasteiger partial charge >= 0.3 is 5.97 Å². The fraction of sp³-hybridized carbons (Fsp3) is 0.516. The standard InChI is InChI=1S/C31H39N7O9/c39-16-22(36-27(42)20-9-10-25(40)34-20)28(43)35-21(13-17-14-32-19-6-2-1-5-18(17)19)30(45)38-12-3-7-23(38)29(44)33-15-26(41)37-11-4-8-24(37)31(46)47/h1-2,5-6,14,20-24,32,39H,3-4,7-13,15-16H2,(H,33,44)(H,34,40)(H,35,43)(H,36,42)(H,46,47)/t20-,21-,22-,23-,24-/m0/s1. The van der Waals surface area contributed by atoms with Gasteiger partial charge in [-0.15, -0.1) is 0 Å². The highest BCUT2D eigenvalue weighted by atomic mass is 16.4. The Hall–Kier alpha value is -4.99. The number of carboxylic acids is 1. The number of H-pyrrole nitrogens is 1. The Kier molecular flexibility index (Phi) is 10.4. The summed E-state index contributed by atoms with van der Waals surface area (Å²) in [5.41, 5.74) is 1.52. The van der Waals surface area contributed by atoms with Crippen LogP contribution in [0.25, 0.3) is 10.9 Å². The maximum Gasteiger partial charge on any atom is 0.326 e. The third-order valence-corrected chi connectivity index (χ3v) is 8.95. The Morgan fingerprint density at radius 1 is 0.915 bits per heavy atom. The fourth-order valence-corrected chi connectivity index (χ4v) is 6.48. The summed E-state index contributed by atoms with van der Waals surface area (Å²) < 4.78 is 0. The molecule has 0 unspecified atom stereocenters. The number of nitrogens with one attached hydrogen (secondary N) is 5. The summed E-state index contributed by atoms with van der Waals surface area (Å²) in [6.07, 6.45) is 3.82. The highest BCUT2D eigenvalue weighted by molar-refractivity contribution is 5.97. The van der Waals surface area contributed by atoms with Gasteiger partial charge in [-0.05, 0) is 43.7 Å². The van der Waals surface area contributed by atoms with E-state index in [1.165, 1.54) is 9.80 Å². The van der Waals surface area contributed by atoms with Crippen molar-refractivity contribution >= 4 is 52.3 Å². The lowest BCUT2D eigenvalue weighted by Gasteiger charge is -2.30. The van der Waals surface area contributed by atoms with Crippen molar-refractivity contribution in [2.24, 2.45) is 0 Å². The first-order valence-electron chi connectivity index (χ1n) is 15.7. The molecule has 5 rings (SSSR count). The number of likely N-dealkylation sites (tertiary alicyclic amines) is 2. The van der Waals surface area contributed by atoms with Gasteiger partial charge in [-0.1, -0.05) is 18.2 Å². The van der Waals surface area contributed by atoms with Gasteiger partial charge in [0, 0.05) is 43.0 Å². The second-order valence-corrected chi connectivity index (χ2v) is 12.0. The molecule has 5 atom stereocenters. The number of aliphatic hydroxyl groups excluding tert-OH is 1. The molecule has 252 valence electrons. The van der Waals surface area contributed by atoms with Gasteiger partial charge in [-0.2, -0.15) is 0 Å². The quantitative estimate of drug-likeness (QED) is 0.136. The number of carbonyl (C=O) groups excluding carboxylic acids is 6. The first kappa shape index (κ1) is 33.4. The highest BCUT2D eigenvalue weighted by Gasteiger charge is 2.40. The number of benzene rings is 1. The Labute approximate surface area is 269 Å². The second kappa shape index (κ2) is 14.6. The summed E-state index contributed by atoms with van der Waals surface area (Å²) in [5.74, 6) is -4.54. The van der Waals surface area contributed by atoms with Gasteiger partial charge in [0.25, 0.3) is 0 Å². The molecule has 2 aromatic rings. The molecule has 47 heavy (non-hydrogen) atoms. The molecule has 0 aliphatic carbocycles. The van der Waals surface area contributed by atoms with E-state index < -0.39 is 78.9 Å². The predicted molar refractivity (Wildman–Crippen MR) is 164 cm³/mol. The number of amides is 6. The Morgan fingerprint density at radius 3 is 2.34 bits per heavy atom. The molecule has 16 nitrogen and oxygen atoms in total. The molecule has 4 heterocycles. The van der Waals surface area contributed by atoms with Crippen molar-refractivity contribution in [2.45, 2.75) is 75.2 Å². The average molecular weight is 654 g/mol. The molecular formula is C31H39N7O9. The van der Waals surface area contributed by atoms with Gasteiger partial charge in [0.2, 0.25) is 35.4 Å². The van der Waals surface area contributed by atoms with Crippen molar-refractivity contribution < 1.29 is 43.8 Å². The van der Waals surface area contributed by atoms with Crippen molar-refractivity contribution in [1.82, 2.24) is 36.1 Å². The molecule has 1 aromatic carbocycles. The van der Waals surface area contributed by atoms with E-state index in [-0.39, 0.29) is 38.3 Å². The van der Waals surface area contributed by atoms with Crippen LogP contribution in [0.2, 0.25) is 0 Å². The summed E-state index contributed by atoms with van der Waals surface area (Å²) in [7, 11) is 0. The van der Waals surface area contributed by atoms with Gasteiger partial charge in [0.05, 0.1) is 13.2 Å². The van der Waals surface area contributed by atoms with Crippen LogP contribution in [0.3, 0.4) is 0 Å². The van der Waals surface area contributed by atoms with Crippen LogP contribution in [-0.4, -0.2) is 123 Å². The maximum absolute atomic E-state index is 14.1. The van der Waals surface area contributed by atoms with Gasteiger partial charge in [0.1, 0.15) is 30.2 Å². The van der Waals surface area contributed by atoms with Crippen LogP contribution < -0.4 is 21.3 Å². The number of aliphatic hydroxyl groups is 1. The maximum atomic E-state index is 14.1. The Morgan fingerprint density at radius 2 is 1.64 bits per heavy atom. The number of fused-ring (bicyclic) bond motifs is 1. The predicted octanol–water partition coefficient (Wildman–Crippen LogP) is -1.87. The zero-order valence-electron chi connectivity index (χ0n) is 25.7. The number of para-hydroxylation sites is 1. The molecule has 0 bridgehead atoms. The lowest BCUT2D eigenvalue weighted by molar-refractivity contribution is -0.148. The molecule has 7 N–H and O–H groups in total. The number of rotatable bonds is 12. The number of hydrogen-bond donors (Lipinski definition) is 7. The summed E-state index contributed by atoms with van der Waals surface area (Å²) in [6.45, 7) is -0.704. The van der Waals surface area contributed by atoms with Crippen LogP contribution in [0.1, 0.15) is 44.1 Å². The van der Waals surface area contributed by atoms with E-state index >= 15 is 0 Å². The number of nitrogens with zero attached hydrogens (tertiary/aromatic N) is 2. The van der Waals surface area contributed by atoms with Crippen LogP contribution in [0.4, 0.5) is 0 Å². The molecular weight excluding hydrogens is 614 g/mol. The number of carbonyl (C=O) groups is 7. The van der Waals surface area contributed by atoms with Crippen LogP contribution in [-0.2, 0) is 40.0 Å². The van der Waals surface area contributed by atoms with Gasteiger partial charge in [-0.25, -0.2) is 4.79 Å². The molecule has 0 radical (unpaired) electrons. The smallest absolute Gasteiger partial charge is 0.326 e. The number of aliphatic carboxylic acids is 1. The first-order valence-corrected chi connectivity index (χ1v) is 15.7. The molecule has 0 saturated carbocycles. The molecule has 3 fully saturated rings. The van der Waals surface area contributed by atoms with E-state index in [0.29, 0.717) is 31.2 Å². The average Bonchev–Trinajstić information content (AvgIpc) is 3.88. The van der Waals surface area contributed by atoms with Crippen LogP contribution >= 0.6 is 0 Å². The first-order chi connectivity index (χ1) is 22.6. The zero-order valence-corrected chi connectivity index (χ0v) is 25.7. The van der Waals surface area contributed by atoms with Crippen molar-refractivity contribution in [3.05, 3.63) is 36.0 Å². The summed E-state index contributed by atoms with van der Waals surface area (Å²) in [6, 6.07) is 2.05. The van der Waals surface area contributed by atoms with E-state index in [2.05, 4.69) is 26.3 Å². The lowest BCUT2D eigenvalue weighted by atomic mass is 10.0. The van der Waals surface area contributed by atoms with Gasteiger partial charge in [0.15, 0.2) is 0 Å². The molecule has 1 aromatic heterocycles. The lowest BCUT2D eigenvalue weighted by Crippen LogP contribution is -2.59. The Balaban J connectivity index is 1.29. The largest absolute Gasteiger partial charge is 0.480 e. The van der Waals surface area contributed by atoms with Crippen molar-refractivity contribution in [3.8, 4) is 0 Å². The topological polar surface area (TPSA) is 230 Å². The molecule has 3 saturated heterocycles. The molecule has 6 amide bonds. The second-order valence-electron chi connectivity index (χ2n) is 12.0. The van der Waals surface area contributed by atoms with E-state index in [0.717, 1.165) is 10.9 Å². The monoisotopic (exact) mass is 653 g/mol. The minimum absolute atomic E-state index is 0.0220. The number of carboxylic acid groups (broad SMARTS) is 1. The highest BCUT2D eigenvalue weighted by Crippen LogP contribution is 2.23. The van der Waals surface area contributed by atoms with E-state index in [1.807, 2.05) is 24.3 Å². The fourth-order valence-electron chi connectivity index (χ4n) is 6.48. The SMILES string of the molecule is O=C1CC[C@@H](C(=O)N[C@@H](CO)C(=O)N[C@@H](Cc2c[nH]c3ccccc23)C(=O)N2CCC[C@H]2C(=O)NCC(=O)N2CCC[C@H]2C(=O)O)N1. The molecule has 3 aliphatic rings. The van der Waals surface area contributed by atoms with E-state index in [9.17, 15) is 43.8 Å². The number of hydrogen-bond acceptors (Lipinski definition) is 8. The third kappa shape index (κ3) is 7.53. The van der Waals surface area contributed by atoms with Crippen LogP contribution in [0.5, 0.6) is 0 Å². The zero-order chi connectivity index (χ0) is 33.7. The minimum Gasteiger partial charge on any atom is -0.480 e. The van der Waals surface area contributed by atoms with E-state index in [4.69, 9.17) is 0 Å². The van der Waals surface area contributed by atoms with Gasteiger partial charge in [-0.3, -0.25) is 28.8 Å². The Bertz CT molecular complexity index is 1560. The summed E-state index contributed by atoms with van der Waals surface area (Å²) >= 11 is 0. The van der Waals surface area contributed by atoms with Gasteiger partial charge < -0.3 is 46.3 Å². The summed E-state index contributed by atoms with van der Waals surface area (Å²) in [5, 5.41) is 30.3. The minimum atomic E-state index is -1.41. The molecule has 3 aliphatic heterocycles.